The van der Waals surface area contributed by atoms with Crippen LogP contribution in [0.1, 0.15) is 28.8 Å². The number of imidazole rings is 1. The van der Waals surface area contributed by atoms with Gasteiger partial charge in [-0.25, -0.2) is 13.9 Å². The molecule has 1 aliphatic heterocycles. The Morgan fingerprint density at radius 3 is 2.71 bits per heavy atom. The number of halogens is 1. The highest BCUT2D eigenvalue weighted by molar-refractivity contribution is 5.96. The van der Waals surface area contributed by atoms with Gasteiger partial charge in [-0.2, -0.15) is 0 Å². The largest absolute Gasteiger partial charge is 0.497 e. The molecule has 4 aromatic rings. The lowest BCUT2D eigenvalue weighted by atomic mass is 10.0. The first-order chi connectivity index (χ1) is 18.5. The molecule has 1 aliphatic rings. The highest BCUT2D eigenvalue weighted by Crippen LogP contribution is 2.32. The Labute approximate surface area is 219 Å². The summed E-state index contributed by atoms with van der Waals surface area (Å²) in [5.74, 6) is 0.380. The molecular formula is C28H30FN5O4. The van der Waals surface area contributed by atoms with Crippen molar-refractivity contribution in [2.75, 3.05) is 39.2 Å². The minimum atomic E-state index is -0.561. The molecule has 0 bridgehead atoms. The fraction of sp³-hybridized carbons (Fsp3) is 0.321. The maximum Gasteiger partial charge on any atom is 0.251 e. The second-order valence-corrected chi connectivity index (χ2v) is 9.22. The number of hydrogen-bond donors (Lipinski definition) is 2. The van der Waals surface area contributed by atoms with E-state index in [1.54, 1.807) is 36.0 Å². The van der Waals surface area contributed by atoms with Crippen LogP contribution >= 0.6 is 0 Å². The fourth-order valence-corrected chi connectivity index (χ4v) is 4.54. The molecule has 0 atom stereocenters. The molecule has 9 nitrogen and oxygen atoms in total. The van der Waals surface area contributed by atoms with Gasteiger partial charge in [0.25, 0.3) is 5.91 Å². The molecule has 0 spiro atoms. The molecule has 1 fully saturated rings. The zero-order valence-corrected chi connectivity index (χ0v) is 21.6. The van der Waals surface area contributed by atoms with Crippen molar-refractivity contribution in [1.29, 1.82) is 0 Å². The lowest BCUT2D eigenvalue weighted by molar-refractivity contribution is 0.0699. The number of aromatic nitrogens is 3. The van der Waals surface area contributed by atoms with Crippen molar-refractivity contribution in [3.8, 4) is 28.6 Å². The standard InChI is InChI=1S/C28H30FN5O4/c1-17-12-19(4-6-21(17)28(35)30-2)24-16-32-27-23(31-15-18-8-10-37-11-9-18)14-26(33-34(24)27)38-25-7-5-20(36-3)13-22(25)29/h4-7,12-14,16,18,31H,8-11,15H2,1-3H3,(H,30,35). The van der Waals surface area contributed by atoms with Crippen LogP contribution in [0, 0.1) is 18.7 Å². The van der Waals surface area contributed by atoms with Gasteiger partial charge in [0, 0.05) is 50.1 Å². The fourth-order valence-electron chi connectivity index (χ4n) is 4.54. The number of rotatable bonds is 8. The quantitative estimate of drug-likeness (QED) is 0.344. The zero-order valence-electron chi connectivity index (χ0n) is 21.6. The first kappa shape index (κ1) is 25.5. The van der Waals surface area contributed by atoms with Crippen molar-refractivity contribution in [1.82, 2.24) is 19.9 Å². The van der Waals surface area contributed by atoms with E-state index in [0.717, 1.165) is 49.4 Å². The highest BCUT2D eigenvalue weighted by atomic mass is 19.1. The molecule has 2 aromatic heterocycles. The van der Waals surface area contributed by atoms with Gasteiger partial charge in [0.15, 0.2) is 17.2 Å². The Balaban J connectivity index is 1.54. The number of ether oxygens (including phenoxy) is 3. The molecule has 0 saturated carbocycles. The summed E-state index contributed by atoms with van der Waals surface area (Å²) in [6, 6.07) is 11.7. The van der Waals surface area contributed by atoms with Crippen molar-refractivity contribution < 1.29 is 23.4 Å². The van der Waals surface area contributed by atoms with Crippen LogP contribution in [0.2, 0.25) is 0 Å². The number of benzene rings is 2. The van der Waals surface area contributed by atoms with Gasteiger partial charge < -0.3 is 24.8 Å². The summed E-state index contributed by atoms with van der Waals surface area (Å²) >= 11 is 0. The van der Waals surface area contributed by atoms with Crippen LogP contribution in [0.3, 0.4) is 0 Å². The van der Waals surface area contributed by atoms with Gasteiger partial charge in [-0.1, -0.05) is 6.07 Å². The molecule has 2 aromatic carbocycles. The van der Waals surface area contributed by atoms with Crippen molar-refractivity contribution in [3.63, 3.8) is 0 Å². The summed E-state index contributed by atoms with van der Waals surface area (Å²) < 4.78 is 32.8. The summed E-state index contributed by atoms with van der Waals surface area (Å²) in [6.45, 7) is 4.12. The van der Waals surface area contributed by atoms with Crippen LogP contribution in [0.5, 0.6) is 17.4 Å². The number of carbonyl (C=O) groups is 1. The number of fused-ring (bicyclic) bond motifs is 1. The van der Waals surface area contributed by atoms with Crippen LogP contribution < -0.4 is 20.1 Å². The Morgan fingerprint density at radius 1 is 1.18 bits per heavy atom. The number of methoxy groups -OCH3 is 1. The lowest BCUT2D eigenvalue weighted by Crippen LogP contribution is -2.23. The molecule has 0 unspecified atom stereocenters. The summed E-state index contributed by atoms with van der Waals surface area (Å²) in [5, 5.41) is 10.8. The summed E-state index contributed by atoms with van der Waals surface area (Å²) in [5.41, 5.74) is 4.29. The van der Waals surface area contributed by atoms with Crippen LogP contribution in [0.4, 0.5) is 10.1 Å². The number of carbonyl (C=O) groups excluding carboxylic acids is 1. The predicted molar refractivity (Wildman–Crippen MR) is 142 cm³/mol. The van der Waals surface area contributed by atoms with E-state index in [-0.39, 0.29) is 17.5 Å². The van der Waals surface area contributed by atoms with E-state index in [1.165, 1.54) is 19.2 Å². The SMILES string of the molecule is CNC(=O)c1ccc(-c2cnc3c(NCC4CCOCC4)cc(Oc4ccc(OC)cc4F)nn23)cc1C. The second-order valence-electron chi connectivity index (χ2n) is 9.22. The van der Waals surface area contributed by atoms with Gasteiger partial charge in [0.2, 0.25) is 5.88 Å². The Hall–Kier alpha value is -4.18. The molecule has 38 heavy (non-hydrogen) atoms. The molecule has 0 aliphatic carbocycles. The van der Waals surface area contributed by atoms with E-state index < -0.39 is 5.82 Å². The number of aryl methyl sites for hydroxylation is 1. The Morgan fingerprint density at radius 2 is 2.00 bits per heavy atom. The smallest absolute Gasteiger partial charge is 0.251 e. The van der Waals surface area contributed by atoms with Gasteiger partial charge in [0.05, 0.1) is 24.7 Å². The number of nitrogens with one attached hydrogen (secondary N) is 2. The monoisotopic (exact) mass is 519 g/mol. The van der Waals surface area contributed by atoms with Crippen molar-refractivity contribution in [3.05, 3.63) is 65.6 Å². The van der Waals surface area contributed by atoms with E-state index in [4.69, 9.17) is 14.2 Å². The first-order valence-corrected chi connectivity index (χ1v) is 12.5. The zero-order chi connectivity index (χ0) is 26.6. The minimum Gasteiger partial charge on any atom is -0.497 e. The number of amides is 1. The van der Waals surface area contributed by atoms with Crippen molar-refractivity contribution >= 4 is 17.2 Å². The van der Waals surface area contributed by atoms with E-state index in [1.807, 2.05) is 19.1 Å². The van der Waals surface area contributed by atoms with Crippen LogP contribution in [-0.4, -0.2) is 54.4 Å². The Bertz CT molecular complexity index is 1470. The average molecular weight is 520 g/mol. The molecule has 198 valence electrons. The highest BCUT2D eigenvalue weighted by Gasteiger charge is 2.19. The van der Waals surface area contributed by atoms with E-state index in [0.29, 0.717) is 28.6 Å². The van der Waals surface area contributed by atoms with Gasteiger partial charge in [-0.05, 0) is 55.5 Å². The molecular weight excluding hydrogens is 489 g/mol. The first-order valence-electron chi connectivity index (χ1n) is 12.5. The van der Waals surface area contributed by atoms with E-state index in [9.17, 15) is 9.18 Å². The third-order valence-electron chi connectivity index (χ3n) is 6.71. The van der Waals surface area contributed by atoms with Gasteiger partial charge >= 0.3 is 0 Å². The predicted octanol–water partition coefficient (Wildman–Crippen LogP) is 4.84. The van der Waals surface area contributed by atoms with E-state index >= 15 is 0 Å². The van der Waals surface area contributed by atoms with Gasteiger partial charge in [-0.15, -0.1) is 5.10 Å². The van der Waals surface area contributed by atoms with E-state index in [2.05, 4.69) is 20.7 Å². The maximum absolute atomic E-state index is 14.7. The summed E-state index contributed by atoms with van der Waals surface area (Å²) in [4.78, 5) is 16.8. The lowest BCUT2D eigenvalue weighted by Gasteiger charge is -2.22. The normalized spacial score (nSPS) is 13.9. The van der Waals surface area contributed by atoms with Crippen molar-refractivity contribution in [2.45, 2.75) is 19.8 Å². The number of hydrogen-bond acceptors (Lipinski definition) is 7. The minimum absolute atomic E-state index is 0.0282. The van der Waals surface area contributed by atoms with Gasteiger partial charge in [0.1, 0.15) is 5.75 Å². The van der Waals surface area contributed by atoms with Crippen LogP contribution in [-0.2, 0) is 4.74 Å². The molecule has 5 rings (SSSR count). The van der Waals surface area contributed by atoms with Crippen LogP contribution in [0.15, 0.2) is 48.7 Å². The molecule has 1 saturated heterocycles. The van der Waals surface area contributed by atoms with Gasteiger partial charge in [-0.3, -0.25) is 4.79 Å². The topological polar surface area (TPSA) is 99.0 Å². The second kappa shape index (κ2) is 11.1. The Kier molecular flexibility index (Phi) is 7.41. The third-order valence-corrected chi connectivity index (χ3v) is 6.71. The van der Waals surface area contributed by atoms with Crippen LogP contribution in [0.25, 0.3) is 16.9 Å². The molecule has 2 N–H and O–H groups in total. The number of nitrogens with zero attached hydrogens (tertiary/aromatic N) is 3. The molecule has 0 radical (unpaired) electrons. The average Bonchev–Trinajstić information content (AvgIpc) is 3.37. The molecule has 10 heteroatoms. The molecule has 3 heterocycles. The van der Waals surface area contributed by atoms with Crippen molar-refractivity contribution in [2.24, 2.45) is 5.92 Å². The summed E-state index contributed by atoms with van der Waals surface area (Å²) in [7, 11) is 3.08. The third kappa shape index (κ3) is 5.26. The summed E-state index contributed by atoms with van der Waals surface area (Å²) in [6.07, 6.45) is 3.69. The number of anilines is 1. The molecule has 1 amide bonds. The maximum atomic E-state index is 14.7.